The first-order valence-corrected chi connectivity index (χ1v) is 6.04. The molecule has 2 atom stereocenters. The van der Waals surface area contributed by atoms with Crippen molar-refractivity contribution in [3.63, 3.8) is 0 Å². The molecule has 1 heterocycles. The third-order valence-corrected chi connectivity index (χ3v) is 2.96. The molecule has 0 aliphatic carbocycles. The Labute approximate surface area is 103 Å². The normalized spacial score (nSPS) is 21.5. The number of nitrogens with two attached hydrogens (primary N) is 1. The maximum atomic E-state index is 9.11. The van der Waals surface area contributed by atoms with Gasteiger partial charge in [0.05, 0.1) is 11.3 Å². The van der Waals surface area contributed by atoms with Gasteiger partial charge in [0.1, 0.15) is 11.9 Å². The van der Waals surface area contributed by atoms with Gasteiger partial charge in [-0.1, -0.05) is 13.8 Å². The molecule has 0 saturated heterocycles. The fourth-order valence-electron chi connectivity index (χ4n) is 1.59. The van der Waals surface area contributed by atoms with Crippen molar-refractivity contribution in [3.8, 4) is 6.07 Å². The highest BCUT2D eigenvalue weighted by Crippen LogP contribution is 2.18. The van der Waals surface area contributed by atoms with Gasteiger partial charge in [0.2, 0.25) is 0 Å². The molecule has 1 aliphatic heterocycles. The highest BCUT2D eigenvalue weighted by Gasteiger charge is 2.16. The van der Waals surface area contributed by atoms with Gasteiger partial charge in [-0.15, -0.1) is 0 Å². The number of nitrogens with zero attached hydrogens (tertiary/aromatic N) is 2. The van der Waals surface area contributed by atoms with Crippen LogP contribution in [-0.2, 0) is 0 Å². The maximum Gasteiger partial charge on any atom is 0.106 e. The van der Waals surface area contributed by atoms with Crippen LogP contribution in [0.2, 0.25) is 0 Å². The summed E-state index contributed by atoms with van der Waals surface area (Å²) in [6.07, 6.45) is 5.44. The van der Waals surface area contributed by atoms with Crippen LogP contribution >= 0.6 is 0 Å². The van der Waals surface area contributed by atoms with E-state index in [2.05, 4.69) is 37.1 Å². The Hall–Kier alpha value is -1.76. The zero-order valence-electron chi connectivity index (χ0n) is 10.7. The Morgan fingerprint density at radius 2 is 2.29 bits per heavy atom. The quantitative estimate of drug-likeness (QED) is 0.779. The van der Waals surface area contributed by atoms with Crippen LogP contribution in [0.15, 0.2) is 28.5 Å². The minimum Gasteiger partial charge on any atom is -0.387 e. The summed E-state index contributed by atoms with van der Waals surface area (Å²) in [6, 6.07) is 2.48. The van der Waals surface area contributed by atoms with Crippen LogP contribution in [-0.4, -0.2) is 11.9 Å². The number of allylic oxidation sites excluding steroid dienone is 1. The van der Waals surface area contributed by atoms with E-state index in [0.29, 0.717) is 17.5 Å². The number of hydrogen-bond acceptors (Lipinski definition) is 4. The Balaban J connectivity index is 3.02. The van der Waals surface area contributed by atoms with Crippen molar-refractivity contribution < 1.29 is 0 Å². The molecular formula is C13H20N4. The lowest BCUT2D eigenvalue weighted by Gasteiger charge is -2.17. The molecule has 4 heteroatoms. The molecule has 0 amide bonds. The average Bonchev–Trinajstić information content (AvgIpc) is 2.48. The third kappa shape index (κ3) is 3.35. The first-order valence-electron chi connectivity index (χ1n) is 6.04. The molecule has 0 fully saturated rings. The second kappa shape index (κ2) is 6.09. The first kappa shape index (κ1) is 13.3. The Bertz CT molecular complexity index is 398. The molecule has 0 radical (unpaired) electrons. The number of nitriles is 1. The van der Waals surface area contributed by atoms with E-state index in [0.717, 1.165) is 18.5 Å². The summed E-state index contributed by atoms with van der Waals surface area (Å²) >= 11 is 0. The van der Waals surface area contributed by atoms with Gasteiger partial charge >= 0.3 is 0 Å². The predicted octanol–water partition coefficient (Wildman–Crippen LogP) is 2.06. The predicted molar refractivity (Wildman–Crippen MR) is 70.1 cm³/mol. The van der Waals surface area contributed by atoms with Gasteiger partial charge in [-0.2, -0.15) is 5.26 Å². The Kier molecular flexibility index (Phi) is 4.77. The summed E-state index contributed by atoms with van der Waals surface area (Å²) in [4.78, 5) is 4.13. The van der Waals surface area contributed by atoms with Crippen molar-refractivity contribution in [1.29, 1.82) is 5.26 Å². The van der Waals surface area contributed by atoms with Crippen molar-refractivity contribution in [2.45, 2.75) is 39.7 Å². The third-order valence-electron chi connectivity index (χ3n) is 2.96. The van der Waals surface area contributed by atoms with Gasteiger partial charge in [-0.25, -0.2) is 4.99 Å². The van der Waals surface area contributed by atoms with E-state index in [-0.39, 0.29) is 5.92 Å². The number of rotatable bonds is 4. The van der Waals surface area contributed by atoms with Gasteiger partial charge in [0.25, 0.3) is 0 Å². The largest absolute Gasteiger partial charge is 0.387 e. The van der Waals surface area contributed by atoms with Crippen molar-refractivity contribution >= 4 is 5.84 Å². The van der Waals surface area contributed by atoms with E-state index in [4.69, 9.17) is 11.0 Å². The molecular weight excluding hydrogens is 212 g/mol. The summed E-state index contributed by atoms with van der Waals surface area (Å²) in [5, 5.41) is 12.4. The van der Waals surface area contributed by atoms with Gasteiger partial charge in [-0.3, -0.25) is 0 Å². The number of aliphatic imine (C=N–C) groups is 1. The lowest BCUT2D eigenvalue weighted by atomic mass is 10.0. The van der Waals surface area contributed by atoms with E-state index < -0.39 is 0 Å². The lowest BCUT2D eigenvalue weighted by molar-refractivity contribution is 0.597. The second-order valence-electron chi connectivity index (χ2n) is 4.26. The highest BCUT2D eigenvalue weighted by atomic mass is 14.9. The SMILES string of the molecule is CCC1C=C(N[C@@H](C)CC)C(C#N)=CN=C1N. The molecule has 1 unspecified atom stereocenters. The molecule has 0 spiro atoms. The molecule has 3 N–H and O–H groups in total. The minimum atomic E-state index is 0.101. The molecule has 1 aliphatic rings. The zero-order valence-corrected chi connectivity index (χ0v) is 10.7. The van der Waals surface area contributed by atoms with Crippen molar-refractivity contribution in [2.75, 3.05) is 0 Å². The molecule has 0 aromatic heterocycles. The summed E-state index contributed by atoms with van der Waals surface area (Å²) in [5.74, 6) is 0.671. The fraction of sp³-hybridized carbons (Fsp3) is 0.538. The molecule has 17 heavy (non-hydrogen) atoms. The first-order chi connectivity index (χ1) is 8.12. The smallest absolute Gasteiger partial charge is 0.106 e. The summed E-state index contributed by atoms with van der Waals surface area (Å²) in [6.45, 7) is 6.25. The highest BCUT2D eigenvalue weighted by molar-refractivity contribution is 5.86. The zero-order chi connectivity index (χ0) is 12.8. The van der Waals surface area contributed by atoms with Crippen LogP contribution in [0.1, 0.15) is 33.6 Å². The molecule has 1 rings (SSSR count). The van der Waals surface area contributed by atoms with Crippen LogP contribution in [0.25, 0.3) is 0 Å². The van der Waals surface area contributed by atoms with Crippen molar-refractivity contribution in [1.82, 2.24) is 5.32 Å². The van der Waals surface area contributed by atoms with Crippen LogP contribution in [0.5, 0.6) is 0 Å². The van der Waals surface area contributed by atoms with Crippen molar-refractivity contribution in [3.05, 3.63) is 23.5 Å². The van der Waals surface area contributed by atoms with E-state index in [1.807, 2.05) is 6.08 Å². The molecule has 0 saturated carbocycles. The Morgan fingerprint density at radius 1 is 1.59 bits per heavy atom. The molecule has 92 valence electrons. The lowest BCUT2D eigenvalue weighted by Crippen LogP contribution is -2.27. The van der Waals surface area contributed by atoms with E-state index in [9.17, 15) is 0 Å². The molecule has 0 aromatic rings. The van der Waals surface area contributed by atoms with Crippen LogP contribution in [0.3, 0.4) is 0 Å². The van der Waals surface area contributed by atoms with Crippen LogP contribution in [0, 0.1) is 17.2 Å². The summed E-state index contributed by atoms with van der Waals surface area (Å²) in [7, 11) is 0. The average molecular weight is 232 g/mol. The van der Waals surface area contributed by atoms with E-state index >= 15 is 0 Å². The van der Waals surface area contributed by atoms with Gasteiger partial charge < -0.3 is 11.1 Å². The van der Waals surface area contributed by atoms with E-state index in [1.54, 1.807) is 6.20 Å². The summed E-state index contributed by atoms with van der Waals surface area (Å²) in [5.41, 5.74) is 7.25. The number of nitrogens with one attached hydrogen (secondary N) is 1. The minimum absolute atomic E-state index is 0.101. The monoisotopic (exact) mass is 232 g/mol. The van der Waals surface area contributed by atoms with Crippen LogP contribution in [0.4, 0.5) is 0 Å². The molecule has 0 bridgehead atoms. The number of amidine groups is 1. The Morgan fingerprint density at radius 3 is 2.82 bits per heavy atom. The summed E-state index contributed by atoms with van der Waals surface area (Å²) < 4.78 is 0. The number of hydrogen-bond donors (Lipinski definition) is 2. The van der Waals surface area contributed by atoms with E-state index in [1.165, 1.54) is 0 Å². The molecule has 4 nitrogen and oxygen atoms in total. The van der Waals surface area contributed by atoms with Gasteiger partial charge in [0.15, 0.2) is 0 Å². The topological polar surface area (TPSA) is 74.2 Å². The van der Waals surface area contributed by atoms with Gasteiger partial charge in [-0.05, 0) is 25.8 Å². The maximum absolute atomic E-state index is 9.11. The fourth-order valence-corrected chi connectivity index (χ4v) is 1.59. The van der Waals surface area contributed by atoms with Crippen molar-refractivity contribution in [2.24, 2.45) is 16.6 Å². The molecule has 0 aromatic carbocycles. The standard InChI is InChI=1S/C13H20N4/c1-4-9(3)17-12-6-10(5-2)13(15)16-8-11(12)7-14/h6,8-10,17H,4-5H2,1-3H3,(H2,15,16)/t9-,10?/m0/s1. The van der Waals surface area contributed by atoms with Crippen LogP contribution < -0.4 is 11.1 Å². The van der Waals surface area contributed by atoms with Gasteiger partial charge in [0, 0.05) is 18.2 Å². The second-order valence-corrected chi connectivity index (χ2v) is 4.26.